The number of fused-ring (bicyclic) bond motifs is 1. The predicted molar refractivity (Wildman–Crippen MR) is 114 cm³/mol. The Hall–Kier alpha value is -3.20. The van der Waals surface area contributed by atoms with Crippen LogP contribution >= 0.6 is 11.3 Å². The van der Waals surface area contributed by atoms with Crippen LogP contribution in [0.5, 0.6) is 5.75 Å². The average Bonchev–Trinajstić information content (AvgIpc) is 3.04. The first-order valence-electron chi connectivity index (χ1n) is 9.64. The van der Waals surface area contributed by atoms with E-state index in [0.29, 0.717) is 22.0 Å². The Morgan fingerprint density at radius 3 is 2.87 bits per heavy atom. The lowest BCUT2D eigenvalue weighted by molar-refractivity contribution is -0.136. The molecule has 0 radical (unpaired) electrons. The van der Waals surface area contributed by atoms with E-state index in [1.807, 2.05) is 0 Å². The number of aromatic hydroxyl groups is 1. The first-order valence-corrected chi connectivity index (χ1v) is 10.5. The van der Waals surface area contributed by atoms with Crippen LogP contribution in [0.15, 0.2) is 29.4 Å². The zero-order chi connectivity index (χ0) is 21.7. The minimum Gasteiger partial charge on any atom is -0.508 e. The molecule has 9 heteroatoms. The molecule has 0 aliphatic heterocycles. The SMILES string of the molecule is CCOC(=O)c1c(NC(=O)C(=O)N/N=C\c2cccc(O)c2)sc2c1CC[C@H](C)C2. The van der Waals surface area contributed by atoms with Crippen LogP contribution in [-0.4, -0.2) is 35.7 Å². The molecule has 3 rings (SSSR count). The summed E-state index contributed by atoms with van der Waals surface area (Å²) in [6.07, 6.45) is 3.81. The van der Waals surface area contributed by atoms with Crippen molar-refractivity contribution in [2.24, 2.45) is 11.0 Å². The van der Waals surface area contributed by atoms with Crippen LogP contribution in [0.4, 0.5) is 5.00 Å². The molecule has 0 spiro atoms. The molecule has 1 aromatic carbocycles. The van der Waals surface area contributed by atoms with E-state index in [1.54, 1.807) is 19.1 Å². The number of phenolic OH excluding ortho intramolecular Hbond substituents is 1. The van der Waals surface area contributed by atoms with Crippen molar-refractivity contribution in [3.8, 4) is 5.75 Å². The Kier molecular flexibility index (Phi) is 6.83. The summed E-state index contributed by atoms with van der Waals surface area (Å²) in [5.74, 6) is -1.85. The van der Waals surface area contributed by atoms with E-state index in [2.05, 4.69) is 22.8 Å². The van der Waals surface area contributed by atoms with Crippen molar-refractivity contribution < 1.29 is 24.2 Å². The summed E-state index contributed by atoms with van der Waals surface area (Å²) in [6, 6.07) is 6.27. The summed E-state index contributed by atoms with van der Waals surface area (Å²) in [5.41, 5.74) is 3.93. The molecule has 0 fully saturated rings. The number of nitrogens with one attached hydrogen (secondary N) is 2. The van der Waals surface area contributed by atoms with E-state index < -0.39 is 17.8 Å². The van der Waals surface area contributed by atoms with Crippen LogP contribution in [0.1, 0.15) is 46.6 Å². The molecule has 2 aromatic rings. The number of nitrogens with zero attached hydrogens (tertiary/aromatic N) is 1. The summed E-state index contributed by atoms with van der Waals surface area (Å²) >= 11 is 1.31. The summed E-state index contributed by atoms with van der Waals surface area (Å²) in [5, 5.41) is 16.0. The number of hydrogen-bond donors (Lipinski definition) is 3. The van der Waals surface area contributed by atoms with E-state index in [0.717, 1.165) is 29.7 Å². The van der Waals surface area contributed by atoms with Gasteiger partial charge >= 0.3 is 17.8 Å². The summed E-state index contributed by atoms with van der Waals surface area (Å²) in [4.78, 5) is 38.0. The topological polar surface area (TPSA) is 117 Å². The maximum atomic E-state index is 12.5. The van der Waals surface area contributed by atoms with Gasteiger partial charge in [-0.25, -0.2) is 10.2 Å². The summed E-state index contributed by atoms with van der Waals surface area (Å²) in [7, 11) is 0. The van der Waals surface area contributed by atoms with Crippen molar-refractivity contribution in [2.75, 3.05) is 11.9 Å². The van der Waals surface area contributed by atoms with Crippen LogP contribution in [0.2, 0.25) is 0 Å². The number of esters is 1. The quantitative estimate of drug-likeness (QED) is 0.292. The van der Waals surface area contributed by atoms with E-state index in [1.165, 1.54) is 29.7 Å². The molecule has 30 heavy (non-hydrogen) atoms. The second-order valence-electron chi connectivity index (χ2n) is 7.02. The van der Waals surface area contributed by atoms with Crippen LogP contribution in [-0.2, 0) is 27.2 Å². The predicted octanol–water partition coefficient (Wildman–Crippen LogP) is 2.84. The van der Waals surface area contributed by atoms with Gasteiger partial charge in [0.05, 0.1) is 18.4 Å². The third kappa shape index (κ3) is 5.04. The Balaban J connectivity index is 1.72. The minimum atomic E-state index is -0.971. The number of rotatable bonds is 5. The lowest BCUT2D eigenvalue weighted by atomic mass is 9.88. The van der Waals surface area contributed by atoms with Crippen molar-refractivity contribution in [2.45, 2.75) is 33.1 Å². The Morgan fingerprint density at radius 2 is 2.13 bits per heavy atom. The number of amides is 2. The Labute approximate surface area is 177 Å². The molecule has 0 saturated carbocycles. The van der Waals surface area contributed by atoms with Gasteiger partial charge in [-0.15, -0.1) is 11.3 Å². The van der Waals surface area contributed by atoms with Crippen molar-refractivity contribution in [3.63, 3.8) is 0 Å². The standard InChI is InChI=1S/C21H23N3O5S/c1-3-29-21(28)17-15-8-7-12(2)9-16(15)30-20(17)23-18(26)19(27)24-22-11-13-5-4-6-14(25)10-13/h4-6,10-12,25H,3,7-9H2,1-2H3,(H,23,26)(H,24,27)/b22-11-/t12-/m0/s1. The summed E-state index contributed by atoms with van der Waals surface area (Å²) < 4.78 is 5.16. The molecular weight excluding hydrogens is 406 g/mol. The van der Waals surface area contributed by atoms with Gasteiger partial charge in [-0.2, -0.15) is 5.10 Å². The van der Waals surface area contributed by atoms with Gasteiger partial charge in [-0.3, -0.25) is 9.59 Å². The molecule has 1 atom stereocenters. The average molecular weight is 429 g/mol. The molecular formula is C21H23N3O5S. The third-order valence-corrected chi connectivity index (χ3v) is 5.84. The highest BCUT2D eigenvalue weighted by Crippen LogP contribution is 2.40. The molecule has 1 aliphatic rings. The fourth-order valence-electron chi connectivity index (χ4n) is 3.24. The molecule has 0 saturated heterocycles. The van der Waals surface area contributed by atoms with E-state index >= 15 is 0 Å². The number of benzene rings is 1. The highest BCUT2D eigenvalue weighted by atomic mass is 32.1. The maximum absolute atomic E-state index is 12.5. The first-order chi connectivity index (χ1) is 14.4. The Morgan fingerprint density at radius 1 is 1.33 bits per heavy atom. The van der Waals surface area contributed by atoms with Crippen molar-refractivity contribution >= 4 is 40.3 Å². The van der Waals surface area contributed by atoms with Crippen LogP contribution < -0.4 is 10.7 Å². The van der Waals surface area contributed by atoms with Crippen molar-refractivity contribution in [3.05, 3.63) is 45.8 Å². The van der Waals surface area contributed by atoms with Gasteiger partial charge in [0.15, 0.2) is 0 Å². The first kappa shape index (κ1) is 21.5. The largest absolute Gasteiger partial charge is 0.508 e. The fraction of sp³-hybridized carbons (Fsp3) is 0.333. The van der Waals surface area contributed by atoms with Gasteiger partial charge in [0, 0.05) is 4.88 Å². The number of anilines is 1. The highest BCUT2D eigenvalue weighted by molar-refractivity contribution is 7.17. The van der Waals surface area contributed by atoms with E-state index in [9.17, 15) is 19.5 Å². The molecule has 1 aromatic heterocycles. The number of thiophene rings is 1. The molecule has 0 bridgehead atoms. The third-order valence-electron chi connectivity index (χ3n) is 4.67. The van der Waals surface area contributed by atoms with Crippen molar-refractivity contribution in [1.29, 1.82) is 0 Å². The molecule has 0 unspecified atom stereocenters. The lowest BCUT2D eigenvalue weighted by Crippen LogP contribution is -2.32. The molecule has 2 amide bonds. The fourth-order valence-corrected chi connectivity index (χ4v) is 4.63. The van der Waals surface area contributed by atoms with Crippen LogP contribution in [0.25, 0.3) is 0 Å². The zero-order valence-electron chi connectivity index (χ0n) is 16.7. The van der Waals surface area contributed by atoms with E-state index in [-0.39, 0.29) is 12.4 Å². The Bertz CT molecular complexity index is 999. The molecule has 3 N–H and O–H groups in total. The number of carbonyl (C=O) groups excluding carboxylic acids is 3. The van der Waals surface area contributed by atoms with E-state index in [4.69, 9.17) is 4.74 Å². The zero-order valence-corrected chi connectivity index (χ0v) is 17.5. The van der Waals surface area contributed by atoms with Gasteiger partial charge in [0.2, 0.25) is 0 Å². The van der Waals surface area contributed by atoms with Crippen LogP contribution in [0, 0.1) is 5.92 Å². The van der Waals surface area contributed by atoms with Gasteiger partial charge in [-0.1, -0.05) is 19.1 Å². The van der Waals surface area contributed by atoms with Gasteiger partial charge < -0.3 is 15.2 Å². The minimum absolute atomic E-state index is 0.0606. The highest BCUT2D eigenvalue weighted by Gasteiger charge is 2.30. The number of hydrazone groups is 1. The van der Waals surface area contributed by atoms with Gasteiger partial charge in [0.25, 0.3) is 0 Å². The molecule has 1 aliphatic carbocycles. The second kappa shape index (κ2) is 9.53. The van der Waals surface area contributed by atoms with Gasteiger partial charge in [-0.05, 0) is 55.4 Å². The monoisotopic (exact) mass is 429 g/mol. The number of ether oxygens (including phenoxy) is 1. The summed E-state index contributed by atoms with van der Waals surface area (Å²) in [6.45, 7) is 4.08. The van der Waals surface area contributed by atoms with Crippen molar-refractivity contribution in [1.82, 2.24) is 5.43 Å². The van der Waals surface area contributed by atoms with Gasteiger partial charge in [0.1, 0.15) is 10.8 Å². The molecule has 1 heterocycles. The lowest BCUT2D eigenvalue weighted by Gasteiger charge is -2.18. The number of hydrogen-bond acceptors (Lipinski definition) is 7. The smallest absolute Gasteiger partial charge is 0.341 e. The molecule has 8 nitrogen and oxygen atoms in total. The normalized spacial score (nSPS) is 15.5. The maximum Gasteiger partial charge on any atom is 0.341 e. The van der Waals surface area contributed by atoms with Crippen LogP contribution in [0.3, 0.4) is 0 Å². The number of carbonyl (C=O) groups is 3. The molecule has 158 valence electrons. The number of phenols is 1. The second-order valence-corrected chi connectivity index (χ2v) is 8.13.